The number of aryl methyl sites for hydroxylation is 2. The fourth-order valence-electron chi connectivity index (χ4n) is 4.18. The molecule has 0 amide bonds. The molecule has 4 rings (SSSR count). The number of unbranched alkanes of at least 4 members (excludes halogenated alkanes) is 4. The van der Waals surface area contributed by atoms with Gasteiger partial charge in [0.05, 0.1) is 6.54 Å². The fourth-order valence-corrected chi connectivity index (χ4v) is 4.18. The van der Waals surface area contributed by atoms with Crippen molar-refractivity contribution in [2.24, 2.45) is 0 Å². The second kappa shape index (κ2) is 11.5. The molecule has 178 valence electrons. The van der Waals surface area contributed by atoms with Gasteiger partial charge < -0.3 is 0 Å². The summed E-state index contributed by atoms with van der Waals surface area (Å²) in [5.74, 6) is 1.53. The van der Waals surface area contributed by atoms with Crippen molar-refractivity contribution >= 4 is 0 Å². The van der Waals surface area contributed by atoms with Gasteiger partial charge in [-0.25, -0.2) is 14.6 Å². The number of aromatic amines is 1. The Bertz CT molecular complexity index is 1220. The summed E-state index contributed by atoms with van der Waals surface area (Å²) in [6.45, 7) is 5.55. The van der Waals surface area contributed by atoms with Crippen LogP contribution in [0.15, 0.2) is 53.3 Å². The SMILES string of the molecule is CCCCCCc1nn(CCCC)c(=O)n1Cc1ccc(-c2ccccc2-c2nnn[nH]2)cc1. The Hall–Kier alpha value is -3.55. The molecular weight excluding hydrogens is 426 g/mol. The monoisotopic (exact) mass is 459 g/mol. The van der Waals surface area contributed by atoms with E-state index in [9.17, 15) is 4.79 Å². The van der Waals surface area contributed by atoms with E-state index in [1.807, 2.05) is 22.8 Å². The molecule has 0 atom stereocenters. The van der Waals surface area contributed by atoms with E-state index in [-0.39, 0.29) is 5.69 Å². The highest BCUT2D eigenvalue weighted by molar-refractivity contribution is 5.80. The zero-order chi connectivity index (χ0) is 23.8. The van der Waals surface area contributed by atoms with Crippen LogP contribution in [0, 0.1) is 0 Å². The van der Waals surface area contributed by atoms with Crippen LogP contribution in [0.25, 0.3) is 22.5 Å². The Morgan fingerprint density at radius 1 is 0.882 bits per heavy atom. The molecule has 0 aliphatic carbocycles. The van der Waals surface area contributed by atoms with E-state index in [0.717, 1.165) is 53.8 Å². The summed E-state index contributed by atoms with van der Waals surface area (Å²) in [4.78, 5) is 13.1. The van der Waals surface area contributed by atoms with E-state index >= 15 is 0 Å². The number of H-pyrrole nitrogens is 1. The van der Waals surface area contributed by atoms with Gasteiger partial charge in [-0.15, -0.1) is 5.10 Å². The molecule has 0 fully saturated rings. The molecule has 2 heterocycles. The van der Waals surface area contributed by atoms with Gasteiger partial charge in [-0.3, -0.25) is 4.57 Å². The number of nitrogens with zero attached hydrogens (tertiary/aromatic N) is 6. The lowest BCUT2D eigenvalue weighted by Crippen LogP contribution is -2.26. The van der Waals surface area contributed by atoms with Crippen molar-refractivity contribution < 1.29 is 0 Å². The maximum atomic E-state index is 13.1. The van der Waals surface area contributed by atoms with Crippen LogP contribution in [-0.2, 0) is 19.5 Å². The molecule has 1 N–H and O–H groups in total. The van der Waals surface area contributed by atoms with Crippen LogP contribution in [0.3, 0.4) is 0 Å². The third-order valence-electron chi connectivity index (χ3n) is 6.11. The lowest BCUT2D eigenvalue weighted by Gasteiger charge is -2.09. The number of rotatable bonds is 12. The molecule has 0 saturated carbocycles. The van der Waals surface area contributed by atoms with Crippen LogP contribution in [0.5, 0.6) is 0 Å². The quantitative estimate of drug-likeness (QED) is 0.305. The second-order valence-corrected chi connectivity index (χ2v) is 8.66. The van der Waals surface area contributed by atoms with E-state index in [0.29, 0.717) is 18.9 Å². The average Bonchev–Trinajstić information content (AvgIpc) is 3.50. The second-order valence-electron chi connectivity index (χ2n) is 8.66. The van der Waals surface area contributed by atoms with Gasteiger partial charge in [-0.2, -0.15) is 5.10 Å². The van der Waals surface area contributed by atoms with Crippen LogP contribution in [0.1, 0.15) is 63.8 Å². The van der Waals surface area contributed by atoms with Crippen molar-refractivity contribution in [1.82, 2.24) is 35.0 Å². The third kappa shape index (κ3) is 5.50. The van der Waals surface area contributed by atoms with Crippen molar-refractivity contribution in [1.29, 1.82) is 0 Å². The Labute approximate surface area is 200 Å². The largest absolute Gasteiger partial charge is 0.346 e. The Morgan fingerprint density at radius 3 is 2.35 bits per heavy atom. The normalized spacial score (nSPS) is 11.2. The van der Waals surface area contributed by atoms with Gasteiger partial charge in [0, 0.05) is 18.5 Å². The third-order valence-corrected chi connectivity index (χ3v) is 6.11. The average molecular weight is 460 g/mol. The summed E-state index contributed by atoms with van der Waals surface area (Å²) < 4.78 is 3.50. The van der Waals surface area contributed by atoms with Crippen LogP contribution in [0.4, 0.5) is 0 Å². The number of nitrogens with one attached hydrogen (secondary N) is 1. The maximum absolute atomic E-state index is 13.1. The molecule has 0 aliphatic heterocycles. The van der Waals surface area contributed by atoms with Gasteiger partial charge >= 0.3 is 5.69 Å². The first kappa shape index (κ1) is 23.6. The minimum absolute atomic E-state index is 0.00816. The highest BCUT2D eigenvalue weighted by atomic mass is 16.2. The smallest absolute Gasteiger partial charge is 0.274 e. The number of hydrogen-bond donors (Lipinski definition) is 1. The summed E-state index contributed by atoms with van der Waals surface area (Å²) in [6, 6.07) is 16.4. The van der Waals surface area contributed by atoms with Gasteiger partial charge in [0.15, 0.2) is 5.82 Å². The van der Waals surface area contributed by atoms with E-state index in [1.54, 1.807) is 4.68 Å². The minimum Gasteiger partial charge on any atom is -0.274 e. The molecule has 8 nitrogen and oxygen atoms in total. The van der Waals surface area contributed by atoms with Gasteiger partial charge in [-0.1, -0.05) is 88.1 Å². The molecule has 8 heteroatoms. The molecule has 0 radical (unpaired) electrons. The molecule has 0 saturated heterocycles. The van der Waals surface area contributed by atoms with Gasteiger partial charge in [0.2, 0.25) is 0 Å². The zero-order valence-electron chi connectivity index (χ0n) is 20.1. The highest BCUT2D eigenvalue weighted by Crippen LogP contribution is 2.29. The van der Waals surface area contributed by atoms with E-state index in [1.165, 1.54) is 19.3 Å². The molecule has 4 aromatic rings. The lowest BCUT2D eigenvalue weighted by atomic mass is 9.98. The molecule has 0 unspecified atom stereocenters. The molecule has 2 aromatic heterocycles. The van der Waals surface area contributed by atoms with Crippen molar-refractivity contribution in [3.05, 3.63) is 70.4 Å². The first-order valence-electron chi connectivity index (χ1n) is 12.3. The molecule has 34 heavy (non-hydrogen) atoms. The summed E-state index contributed by atoms with van der Waals surface area (Å²) in [5, 5.41) is 19.0. The summed E-state index contributed by atoms with van der Waals surface area (Å²) in [5.41, 5.74) is 4.14. The van der Waals surface area contributed by atoms with Crippen LogP contribution in [0.2, 0.25) is 0 Å². The van der Waals surface area contributed by atoms with Crippen molar-refractivity contribution in [2.75, 3.05) is 0 Å². The standard InChI is InChI=1S/C26H33N7O/c1-3-5-7-8-13-24-29-33(18-6-4-2)26(34)32(24)19-20-14-16-21(17-15-20)22-11-9-10-12-23(22)25-27-30-31-28-25/h9-12,14-17H,3-8,13,18-19H2,1-2H3,(H,27,28,30,31). The predicted octanol–water partition coefficient (Wildman–Crippen LogP) is 4.86. The minimum atomic E-state index is -0.00816. The number of aromatic nitrogens is 7. The Kier molecular flexibility index (Phi) is 8.01. The van der Waals surface area contributed by atoms with Gasteiger partial charge in [0.25, 0.3) is 0 Å². The number of tetrazole rings is 1. The van der Waals surface area contributed by atoms with Gasteiger partial charge in [0.1, 0.15) is 5.82 Å². The fraction of sp³-hybridized carbons (Fsp3) is 0.423. The van der Waals surface area contributed by atoms with Crippen LogP contribution in [-0.4, -0.2) is 35.0 Å². The molecule has 0 spiro atoms. The van der Waals surface area contributed by atoms with E-state index < -0.39 is 0 Å². The lowest BCUT2D eigenvalue weighted by molar-refractivity contribution is 0.543. The van der Waals surface area contributed by atoms with Crippen molar-refractivity contribution in [2.45, 2.75) is 71.9 Å². The van der Waals surface area contributed by atoms with Crippen molar-refractivity contribution in [3.8, 4) is 22.5 Å². The van der Waals surface area contributed by atoms with Crippen molar-refractivity contribution in [3.63, 3.8) is 0 Å². The number of benzene rings is 2. The Balaban J connectivity index is 1.56. The summed E-state index contributed by atoms with van der Waals surface area (Å²) >= 11 is 0. The number of hydrogen-bond acceptors (Lipinski definition) is 5. The van der Waals surface area contributed by atoms with E-state index in [4.69, 9.17) is 5.10 Å². The molecule has 2 aromatic carbocycles. The molecule has 0 bridgehead atoms. The summed E-state index contributed by atoms with van der Waals surface area (Å²) in [6.07, 6.45) is 7.48. The van der Waals surface area contributed by atoms with Crippen LogP contribution < -0.4 is 5.69 Å². The topological polar surface area (TPSA) is 94.3 Å². The Morgan fingerprint density at radius 2 is 1.65 bits per heavy atom. The predicted molar refractivity (Wildman–Crippen MR) is 133 cm³/mol. The summed E-state index contributed by atoms with van der Waals surface area (Å²) in [7, 11) is 0. The molecule has 0 aliphatic rings. The van der Waals surface area contributed by atoms with E-state index in [2.05, 4.69) is 64.8 Å². The first-order chi connectivity index (χ1) is 16.7. The maximum Gasteiger partial charge on any atom is 0.346 e. The van der Waals surface area contributed by atoms with Gasteiger partial charge in [-0.05, 0) is 40.0 Å². The molecular formula is C26H33N7O. The van der Waals surface area contributed by atoms with Crippen LogP contribution >= 0.6 is 0 Å². The highest BCUT2D eigenvalue weighted by Gasteiger charge is 2.14. The first-order valence-corrected chi connectivity index (χ1v) is 12.3. The zero-order valence-corrected chi connectivity index (χ0v) is 20.1.